The topological polar surface area (TPSA) is 45.5 Å². The molecule has 0 unspecified atom stereocenters. The molecule has 0 aromatic carbocycles. The molecule has 1 aromatic rings. The first-order chi connectivity index (χ1) is 8.34. The van der Waals surface area contributed by atoms with E-state index in [2.05, 4.69) is 5.32 Å². The summed E-state index contributed by atoms with van der Waals surface area (Å²) in [5, 5.41) is 3.44. The summed E-state index contributed by atoms with van der Waals surface area (Å²) in [6, 6.07) is 3.51. The molecule has 0 aliphatic carbocycles. The summed E-state index contributed by atoms with van der Waals surface area (Å²) in [5.41, 5.74) is 0. The number of carbonyl (C=O) groups is 1. The van der Waals surface area contributed by atoms with Gasteiger partial charge in [-0.05, 0) is 49.9 Å². The molecule has 0 spiro atoms. The van der Waals surface area contributed by atoms with E-state index in [-0.39, 0.29) is 5.91 Å². The SMILES string of the molecule is O=C(c1ccco1)N1CC[C@@H]2CNC[C@@H]2CC1. The average Bonchev–Trinajstić information content (AvgIpc) is 2.97. The second-order valence-electron chi connectivity index (χ2n) is 5.03. The van der Waals surface area contributed by atoms with E-state index in [1.807, 2.05) is 4.90 Å². The van der Waals surface area contributed by atoms with E-state index in [4.69, 9.17) is 4.42 Å². The lowest BCUT2D eigenvalue weighted by Crippen LogP contribution is -2.32. The monoisotopic (exact) mass is 234 g/mol. The van der Waals surface area contributed by atoms with E-state index in [0.717, 1.165) is 50.9 Å². The van der Waals surface area contributed by atoms with Crippen LogP contribution in [0.2, 0.25) is 0 Å². The molecule has 0 saturated carbocycles. The first-order valence-corrected chi connectivity index (χ1v) is 6.38. The molecule has 2 aliphatic rings. The molecule has 3 heterocycles. The van der Waals surface area contributed by atoms with Crippen molar-refractivity contribution in [2.75, 3.05) is 26.2 Å². The zero-order valence-corrected chi connectivity index (χ0v) is 9.89. The predicted molar refractivity (Wildman–Crippen MR) is 63.7 cm³/mol. The second-order valence-corrected chi connectivity index (χ2v) is 5.03. The van der Waals surface area contributed by atoms with Gasteiger partial charge in [0.25, 0.3) is 5.91 Å². The van der Waals surface area contributed by atoms with Gasteiger partial charge in [-0.1, -0.05) is 0 Å². The van der Waals surface area contributed by atoms with Crippen molar-refractivity contribution in [3.63, 3.8) is 0 Å². The van der Waals surface area contributed by atoms with Crippen molar-refractivity contribution in [2.24, 2.45) is 11.8 Å². The van der Waals surface area contributed by atoms with Crippen LogP contribution in [0.15, 0.2) is 22.8 Å². The molecule has 1 N–H and O–H groups in total. The first kappa shape index (κ1) is 10.8. The maximum Gasteiger partial charge on any atom is 0.289 e. The lowest BCUT2D eigenvalue weighted by Gasteiger charge is -2.19. The van der Waals surface area contributed by atoms with Crippen LogP contribution in [-0.2, 0) is 0 Å². The summed E-state index contributed by atoms with van der Waals surface area (Å²) in [7, 11) is 0. The maximum atomic E-state index is 12.1. The van der Waals surface area contributed by atoms with Crippen molar-refractivity contribution >= 4 is 5.91 Å². The quantitative estimate of drug-likeness (QED) is 0.798. The lowest BCUT2D eigenvalue weighted by atomic mass is 9.92. The summed E-state index contributed by atoms with van der Waals surface area (Å²) in [5.74, 6) is 2.02. The minimum atomic E-state index is 0.0444. The van der Waals surface area contributed by atoms with Gasteiger partial charge in [0.2, 0.25) is 0 Å². The van der Waals surface area contributed by atoms with Crippen molar-refractivity contribution in [1.82, 2.24) is 10.2 Å². The number of hydrogen-bond acceptors (Lipinski definition) is 3. The highest BCUT2D eigenvalue weighted by Crippen LogP contribution is 2.27. The van der Waals surface area contributed by atoms with Gasteiger partial charge in [-0.25, -0.2) is 0 Å². The number of carbonyl (C=O) groups excluding carboxylic acids is 1. The lowest BCUT2D eigenvalue weighted by molar-refractivity contribution is 0.0726. The van der Waals surface area contributed by atoms with Crippen LogP contribution in [0, 0.1) is 11.8 Å². The van der Waals surface area contributed by atoms with Crippen LogP contribution >= 0.6 is 0 Å². The normalized spacial score (nSPS) is 28.8. The number of rotatable bonds is 1. The minimum Gasteiger partial charge on any atom is -0.459 e. The van der Waals surface area contributed by atoms with Gasteiger partial charge in [0.1, 0.15) is 0 Å². The molecule has 0 bridgehead atoms. The van der Waals surface area contributed by atoms with Crippen LogP contribution in [0.3, 0.4) is 0 Å². The molecule has 92 valence electrons. The Morgan fingerprint density at radius 2 is 2.00 bits per heavy atom. The van der Waals surface area contributed by atoms with E-state index in [1.165, 1.54) is 0 Å². The van der Waals surface area contributed by atoms with Crippen molar-refractivity contribution < 1.29 is 9.21 Å². The van der Waals surface area contributed by atoms with Crippen LogP contribution in [0.5, 0.6) is 0 Å². The molecule has 3 rings (SSSR count). The van der Waals surface area contributed by atoms with Gasteiger partial charge in [0, 0.05) is 13.1 Å². The fraction of sp³-hybridized carbons (Fsp3) is 0.615. The first-order valence-electron chi connectivity index (χ1n) is 6.38. The van der Waals surface area contributed by atoms with Crippen molar-refractivity contribution in [3.05, 3.63) is 24.2 Å². The molecular formula is C13H18N2O2. The number of amides is 1. The molecule has 2 aliphatic heterocycles. The van der Waals surface area contributed by atoms with Gasteiger partial charge >= 0.3 is 0 Å². The number of hydrogen-bond donors (Lipinski definition) is 1. The largest absolute Gasteiger partial charge is 0.459 e. The van der Waals surface area contributed by atoms with Crippen LogP contribution in [0.1, 0.15) is 23.4 Å². The van der Waals surface area contributed by atoms with E-state index in [1.54, 1.807) is 18.4 Å². The Labute approximate surface area is 101 Å². The molecule has 1 aromatic heterocycles. The van der Waals surface area contributed by atoms with Gasteiger partial charge in [-0.3, -0.25) is 4.79 Å². The molecule has 1 amide bonds. The van der Waals surface area contributed by atoms with Crippen molar-refractivity contribution in [2.45, 2.75) is 12.8 Å². The number of nitrogens with zero attached hydrogens (tertiary/aromatic N) is 1. The highest BCUT2D eigenvalue weighted by Gasteiger charge is 2.32. The third-order valence-electron chi connectivity index (χ3n) is 4.04. The maximum absolute atomic E-state index is 12.1. The van der Waals surface area contributed by atoms with E-state index < -0.39 is 0 Å². The summed E-state index contributed by atoms with van der Waals surface area (Å²) in [6.07, 6.45) is 3.79. The predicted octanol–water partition coefficient (Wildman–Crippen LogP) is 1.35. The van der Waals surface area contributed by atoms with Crippen LogP contribution in [-0.4, -0.2) is 37.0 Å². The Morgan fingerprint density at radius 1 is 1.29 bits per heavy atom. The molecular weight excluding hydrogens is 216 g/mol. The van der Waals surface area contributed by atoms with E-state index in [0.29, 0.717) is 5.76 Å². The molecule has 2 atom stereocenters. The smallest absolute Gasteiger partial charge is 0.289 e. The van der Waals surface area contributed by atoms with Crippen LogP contribution < -0.4 is 5.32 Å². The Kier molecular flexibility index (Phi) is 2.89. The molecule has 0 radical (unpaired) electrons. The average molecular weight is 234 g/mol. The number of nitrogens with one attached hydrogen (secondary N) is 1. The standard InChI is InChI=1S/C13H18N2O2/c16-13(12-2-1-7-17-12)15-5-3-10-8-14-9-11(10)4-6-15/h1-2,7,10-11,14H,3-6,8-9H2/t10-,11+. The third kappa shape index (κ3) is 2.09. The molecule has 2 saturated heterocycles. The zero-order chi connectivity index (χ0) is 11.7. The number of furan rings is 1. The summed E-state index contributed by atoms with van der Waals surface area (Å²) >= 11 is 0. The van der Waals surface area contributed by atoms with E-state index >= 15 is 0 Å². The summed E-state index contributed by atoms with van der Waals surface area (Å²) in [4.78, 5) is 14.1. The zero-order valence-electron chi connectivity index (χ0n) is 9.89. The van der Waals surface area contributed by atoms with Gasteiger partial charge in [-0.2, -0.15) is 0 Å². The van der Waals surface area contributed by atoms with Crippen molar-refractivity contribution in [3.8, 4) is 0 Å². The van der Waals surface area contributed by atoms with Gasteiger partial charge < -0.3 is 14.6 Å². The Hall–Kier alpha value is -1.29. The molecule has 2 fully saturated rings. The Balaban J connectivity index is 1.67. The van der Waals surface area contributed by atoms with Crippen molar-refractivity contribution in [1.29, 1.82) is 0 Å². The minimum absolute atomic E-state index is 0.0444. The molecule has 4 heteroatoms. The van der Waals surface area contributed by atoms with Crippen LogP contribution in [0.4, 0.5) is 0 Å². The fourth-order valence-corrected chi connectivity index (χ4v) is 2.98. The fourth-order valence-electron chi connectivity index (χ4n) is 2.98. The van der Waals surface area contributed by atoms with Gasteiger partial charge in [0.15, 0.2) is 5.76 Å². The Morgan fingerprint density at radius 3 is 2.59 bits per heavy atom. The summed E-state index contributed by atoms with van der Waals surface area (Å²) in [6.45, 7) is 3.96. The Bertz CT molecular complexity index is 374. The third-order valence-corrected chi connectivity index (χ3v) is 4.04. The second kappa shape index (κ2) is 4.53. The van der Waals surface area contributed by atoms with Gasteiger partial charge in [0.05, 0.1) is 6.26 Å². The van der Waals surface area contributed by atoms with Gasteiger partial charge in [-0.15, -0.1) is 0 Å². The highest BCUT2D eigenvalue weighted by atomic mass is 16.3. The summed E-state index contributed by atoms with van der Waals surface area (Å²) < 4.78 is 5.18. The molecule has 17 heavy (non-hydrogen) atoms. The van der Waals surface area contributed by atoms with Crippen LogP contribution in [0.25, 0.3) is 0 Å². The van der Waals surface area contributed by atoms with E-state index in [9.17, 15) is 4.79 Å². The number of fused-ring (bicyclic) bond motifs is 1. The number of likely N-dealkylation sites (tertiary alicyclic amines) is 1. The molecule has 4 nitrogen and oxygen atoms in total. The highest BCUT2D eigenvalue weighted by molar-refractivity contribution is 5.91.